The Morgan fingerprint density at radius 2 is 2.19 bits per heavy atom. The fourth-order valence-corrected chi connectivity index (χ4v) is 1.27. The van der Waals surface area contributed by atoms with Crippen LogP contribution >= 0.6 is 0 Å². The Morgan fingerprint density at radius 1 is 1.38 bits per heavy atom. The highest BCUT2D eigenvalue weighted by molar-refractivity contribution is 5.36. The van der Waals surface area contributed by atoms with Gasteiger partial charge in [-0.15, -0.1) is 0 Å². The maximum atomic E-state index is 5.29. The van der Waals surface area contributed by atoms with E-state index in [1.165, 1.54) is 6.33 Å². The first-order valence-corrected chi connectivity index (χ1v) is 5.56. The smallest absolute Gasteiger partial charge is 0.218 e. The van der Waals surface area contributed by atoms with Crippen LogP contribution in [-0.2, 0) is 0 Å². The van der Waals surface area contributed by atoms with Crippen LogP contribution in [0.25, 0.3) is 0 Å². The molecule has 0 aromatic carbocycles. The van der Waals surface area contributed by atoms with Crippen molar-refractivity contribution >= 4 is 5.82 Å². The first kappa shape index (κ1) is 12.7. The number of hydrogen-bond donors (Lipinski definition) is 1. The molecule has 0 radical (unpaired) electrons. The van der Waals surface area contributed by atoms with E-state index in [4.69, 9.17) is 4.74 Å². The Hall–Kier alpha value is -1.36. The van der Waals surface area contributed by atoms with Gasteiger partial charge in [0.25, 0.3) is 0 Å². The summed E-state index contributed by atoms with van der Waals surface area (Å²) in [6, 6.07) is 1.82. The normalized spacial score (nSPS) is 10.5. The zero-order chi connectivity index (χ0) is 11.8. The number of nitrogens with zero attached hydrogens (tertiary/aromatic N) is 3. The number of hydrogen-bond acceptors (Lipinski definition) is 5. The second-order valence-electron chi connectivity index (χ2n) is 3.76. The molecule has 1 N–H and O–H groups in total. The van der Waals surface area contributed by atoms with Gasteiger partial charge in [0.15, 0.2) is 0 Å². The van der Waals surface area contributed by atoms with Crippen LogP contribution in [0, 0.1) is 0 Å². The van der Waals surface area contributed by atoms with Gasteiger partial charge in [0, 0.05) is 12.6 Å². The second kappa shape index (κ2) is 7.00. The minimum Gasteiger partial charge on any atom is -0.478 e. The van der Waals surface area contributed by atoms with Crippen LogP contribution in [0.2, 0.25) is 0 Å². The lowest BCUT2D eigenvalue weighted by Crippen LogP contribution is -2.16. The lowest BCUT2D eigenvalue weighted by atomic mass is 10.4. The van der Waals surface area contributed by atoms with Crippen molar-refractivity contribution in [3.05, 3.63) is 12.4 Å². The number of ether oxygens (including phenoxy) is 1. The monoisotopic (exact) mass is 224 g/mol. The number of rotatable bonds is 7. The van der Waals surface area contributed by atoms with Gasteiger partial charge in [0.05, 0.1) is 6.61 Å². The molecule has 0 bridgehead atoms. The van der Waals surface area contributed by atoms with Gasteiger partial charge in [-0.2, -0.15) is 0 Å². The Labute approximate surface area is 96.8 Å². The van der Waals surface area contributed by atoms with Gasteiger partial charge in [-0.1, -0.05) is 0 Å². The predicted molar refractivity (Wildman–Crippen MR) is 64.9 cm³/mol. The van der Waals surface area contributed by atoms with Crippen molar-refractivity contribution in [2.75, 3.05) is 39.1 Å². The molecule has 0 amide bonds. The van der Waals surface area contributed by atoms with Crippen LogP contribution in [0.1, 0.15) is 13.3 Å². The summed E-state index contributed by atoms with van der Waals surface area (Å²) in [4.78, 5) is 10.3. The van der Waals surface area contributed by atoms with Gasteiger partial charge < -0.3 is 15.0 Å². The van der Waals surface area contributed by atoms with Gasteiger partial charge >= 0.3 is 0 Å². The van der Waals surface area contributed by atoms with E-state index in [9.17, 15) is 0 Å². The molecule has 1 aromatic heterocycles. The zero-order valence-corrected chi connectivity index (χ0v) is 10.2. The molecule has 16 heavy (non-hydrogen) atoms. The van der Waals surface area contributed by atoms with E-state index in [1.807, 2.05) is 13.0 Å². The Kier molecular flexibility index (Phi) is 5.56. The fourth-order valence-electron chi connectivity index (χ4n) is 1.27. The summed E-state index contributed by atoms with van der Waals surface area (Å²) in [7, 11) is 4.13. The van der Waals surface area contributed by atoms with E-state index in [0.29, 0.717) is 12.5 Å². The Bertz CT molecular complexity index is 304. The van der Waals surface area contributed by atoms with Gasteiger partial charge in [-0.3, -0.25) is 0 Å². The molecule has 1 heterocycles. The summed E-state index contributed by atoms with van der Waals surface area (Å²) in [6.07, 6.45) is 2.60. The van der Waals surface area contributed by atoms with Crippen molar-refractivity contribution in [3.8, 4) is 5.88 Å². The summed E-state index contributed by atoms with van der Waals surface area (Å²) in [6.45, 7) is 4.53. The van der Waals surface area contributed by atoms with E-state index in [0.717, 1.165) is 25.3 Å². The molecule has 0 aliphatic carbocycles. The van der Waals surface area contributed by atoms with Crippen LogP contribution in [0.15, 0.2) is 12.4 Å². The molecule has 0 saturated carbocycles. The molecule has 1 aromatic rings. The van der Waals surface area contributed by atoms with Crippen LogP contribution in [0.4, 0.5) is 5.82 Å². The average Bonchev–Trinajstić information content (AvgIpc) is 2.25. The highest BCUT2D eigenvalue weighted by Crippen LogP contribution is 2.10. The lowest BCUT2D eigenvalue weighted by molar-refractivity contribution is 0.326. The molecular formula is C11H20N4O. The molecule has 0 saturated heterocycles. The topological polar surface area (TPSA) is 50.3 Å². The second-order valence-corrected chi connectivity index (χ2v) is 3.76. The number of nitrogens with one attached hydrogen (secondary N) is 1. The van der Waals surface area contributed by atoms with Crippen LogP contribution in [0.3, 0.4) is 0 Å². The Morgan fingerprint density at radius 3 is 2.88 bits per heavy atom. The largest absolute Gasteiger partial charge is 0.478 e. The highest BCUT2D eigenvalue weighted by Gasteiger charge is 1.98. The van der Waals surface area contributed by atoms with Crippen molar-refractivity contribution in [1.29, 1.82) is 0 Å². The van der Waals surface area contributed by atoms with Crippen molar-refractivity contribution in [1.82, 2.24) is 14.9 Å². The number of anilines is 1. The van der Waals surface area contributed by atoms with E-state index >= 15 is 0 Å². The SMILES string of the molecule is CCOc1cc(NCCCN(C)C)ncn1. The summed E-state index contributed by atoms with van der Waals surface area (Å²) in [5.41, 5.74) is 0. The summed E-state index contributed by atoms with van der Waals surface area (Å²) in [5.74, 6) is 1.44. The maximum Gasteiger partial charge on any atom is 0.218 e. The standard InChI is InChI=1S/C11H20N4O/c1-4-16-11-8-10(13-9-14-11)12-6-5-7-15(2)3/h8-9H,4-7H2,1-3H3,(H,12,13,14). The van der Waals surface area contributed by atoms with Crippen molar-refractivity contribution in [3.63, 3.8) is 0 Å². The minimum absolute atomic E-state index is 0.618. The van der Waals surface area contributed by atoms with Crippen LogP contribution in [-0.4, -0.2) is 48.7 Å². The molecule has 0 fully saturated rings. The van der Waals surface area contributed by atoms with E-state index in [2.05, 4.69) is 34.3 Å². The van der Waals surface area contributed by atoms with Gasteiger partial charge in [-0.05, 0) is 34.0 Å². The summed E-state index contributed by atoms with van der Waals surface area (Å²) < 4.78 is 5.29. The summed E-state index contributed by atoms with van der Waals surface area (Å²) in [5, 5.41) is 3.24. The highest BCUT2D eigenvalue weighted by atomic mass is 16.5. The van der Waals surface area contributed by atoms with Gasteiger partial charge in [0.1, 0.15) is 12.1 Å². The maximum absolute atomic E-state index is 5.29. The average molecular weight is 224 g/mol. The van der Waals surface area contributed by atoms with E-state index in [-0.39, 0.29) is 0 Å². The van der Waals surface area contributed by atoms with Crippen LogP contribution < -0.4 is 10.1 Å². The third kappa shape index (κ3) is 4.93. The Balaban J connectivity index is 2.33. The van der Waals surface area contributed by atoms with Crippen molar-refractivity contribution in [2.24, 2.45) is 0 Å². The van der Waals surface area contributed by atoms with E-state index in [1.54, 1.807) is 0 Å². The molecule has 0 spiro atoms. The minimum atomic E-state index is 0.618. The van der Waals surface area contributed by atoms with Crippen molar-refractivity contribution in [2.45, 2.75) is 13.3 Å². The predicted octanol–water partition coefficient (Wildman–Crippen LogP) is 1.24. The van der Waals surface area contributed by atoms with Crippen molar-refractivity contribution < 1.29 is 4.74 Å². The first-order chi connectivity index (χ1) is 7.72. The third-order valence-corrected chi connectivity index (χ3v) is 2.02. The van der Waals surface area contributed by atoms with E-state index < -0.39 is 0 Å². The molecule has 0 aliphatic rings. The first-order valence-electron chi connectivity index (χ1n) is 5.56. The summed E-state index contributed by atoms with van der Waals surface area (Å²) >= 11 is 0. The molecule has 0 unspecified atom stereocenters. The van der Waals surface area contributed by atoms with Gasteiger partial charge in [-0.25, -0.2) is 9.97 Å². The quantitative estimate of drug-likeness (QED) is 0.706. The molecule has 0 aliphatic heterocycles. The molecule has 5 nitrogen and oxygen atoms in total. The molecule has 0 atom stereocenters. The molecule has 5 heteroatoms. The lowest BCUT2D eigenvalue weighted by Gasteiger charge is -2.10. The molecule has 90 valence electrons. The van der Waals surface area contributed by atoms with Crippen LogP contribution in [0.5, 0.6) is 5.88 Å². The molecular weight excluding hydrogens is 204 g/mol. The third-order valence-electron chi connectivity index (χ3n) is 2.02. The number of aromatic nitrogens is 2. The molecule has 1 rings (SSSR count). The zero-order valence-electron chi connectivity index (χ0n) is 10.2. The fraction of sp³-hybridized carbons (Fsp3) is 0.636. The van der Waals surface area contributed by atoms with Gasteiger partial charge in [0.2, 0.25) is 5.88 Å².